The van der Waals surface area contributed by atoms with Crippen molar-refractivity contribution >= 4 is 33.8 Å². The van der Waals surface area contributed by atoms with Crippen molar-refractivity contribution in [2.24, 2.45) is 4.99 Å². The molecule has 0 saturated heterocycles. The van der Waals surface area contributed by atoms with E-state index in [1.807, 2.05) is 39.8 Å². The fourth-order valence-corrected chi connectivity index (χ4v) is 5.75. The fourth-order valence-electron chi connectivity index (χ4n) is 5.04. The number of nitrogens with one attached hydrogen (secondary N) is 1. The van der Waals surface area contributed by atoms with Crippen molar-refractivity contribution < 1.29 is 40.7 Å². The van der Waals surface area contributed by atoms with Crippen molar-refractivity contribution in [3.63, 3.8) is 0 Å². The molecular formula is C35H36F6N6O3S. The maximum atomic E-state index is 13.4. The molecule has 3 aromatic carbocycles. The van der Waals surface area contributed by atoms with E-state index in [1.165, 1.54) is 40.2 Å². The third-order valence-corrected chi connectivity index (χ3v) is 8.25. The van der Waals surface area contributed by atoms with Gasteiger partial charge in [-0.3, -0.25) is 4.79 Å². The van der Waals surface area contributed by atoms with E-state index in [1.54, 1.807) is 37.3 Å². The van der Waals surface area contributed by atoms with E-state index in [0.29, 0.717) is 35.6 Å². The van der Waals surface area contributed by atoms with Gasteiger partial charge in [-0.05, 0) is 91.4 Å². The molecule has 0 bridgehead atoms. The highest BCUT2D eigenvalue weighted by Gasteiger charge is 2.41. The van der Waals surface area contributed by atoms with Gasteiger partial charge in [-0.2, -0.15) is 18.2 Å². The van der Waals surface area contributed by atoms with Crippen molar-refractivity contribution in [2.75, 3.05) is 11.4 Å². The summed E-state index contributed by atoms with van der Waals surface area (Å²) in [6.45, 7) is 9.48. The first-order chi connectivity index (χ1) is 23.9. The van der Waals surface area contributed by atoms with Crippen LogP contribution < -0.4 is 15.0 Å². The Labute approximate surface area is 295 Å². The molecule has 2 amide bonds. The monoisotopic (exact) mass is 734 g/mol. The minimum atomic E-state index is -5.14. The Hall–Kier alpha value is -4.86. The maximum Gasteiger partial charge on any atom is 0.573 e. The first-order valence-electron chi connectivity index (χ1n) is 15.9. The molecule has 0 spiro atoms. The van der Waals surface area contributed by atoms with Gasteiger partial charge in [-0.1, -0.05) is 57.2 Å². The number of ether oxygens (including phenoxy) is 1. The Morgan fingerprint density at radius 2 is 1.65 bits per heavy atom. The van der Waals surface area contributed by atoms with Gasteiger partial charge in [0.1, 0.15) is 12.1 Å². The number of aliphatic imine (C=N–C) groups is 1. The Kier molecular flexibility index (Phi) is 12.6. The minimum Gasteiger partial charge on any atom is -0.406 e. The number of benzene rings is 3. The van der Waals surface area contributed by atoms with E-state index in [9.17, 15) is 35.9 Å². The number of carbonyl (C=O) groups excluding carboxylic acids is 2. The van der Waals surface area contributed by atoms with Crippen LogP contribution in [0.1, 0.15) is 56.7 Å². The highest BCUT2D eigenvalue weighted by Crippen LogP contribution is 2.33. The number of carbonyl (C=O) groups is 2. The van der Waals surface area contributed by atoms with Crippen LogP contribution in [-0.2, 0) is 11.2 Å². The van der Waals surface area contributed by atoms with Gasteiger partial charge < -0.3 is 15.0 Å². The predicted molar refractivity (Wildman–Crippen MR) is 184 cm³/mol. The number of anilines is 1. The Morgan fingerprint density at radius 1 is 0.980 bits per heavy atom. The number of urea groups is 1. The molecule has 0 radical (unpaired) electrons. The molecule has 1 unspecified atom stereocenters. The van der Waals surface area contributed by atoms with Crippen molar-refractivity contribution in [3.8, 4) is 22.8 Å². The van der Waals surface area contributed by atoms with Gasteiger partial charge >= 0.3 is 23.7 Å². The topological polar surface area (TPSA) is 102 Å². The zero-order valence-corrected chi connectivity index (χ0v) is 29.2. The second kappa shape index (κ2) is 16.4. The van der Waals surface area contributed by atoms with Crippen molar-refractivity contribution in [3.05, 3.63) is 89.7 Å². The summed E-state index contributed by atoms with van der Waals surface area (Å²) in [5.74, 6) is -0.00727. The molecule has 16 heteroatoms. The molecule has 1 N–H and O–H groups in total. The lowest BCUT2D eigenvalue weighted by Crippen LogP contribution is -2.37. The van der Waals surface area contributed by atoms with Crippen LogP contribution in [0.3, 0.4) is 0 Å². The van der Waals surface area contributed by atoms with Gasteiger partial charge in [0.15, 0.2) is 11.0 Å². The van der Waals surface area contributed by atoms with E-state index in [-0.39, 0.29) is 35.1 Å². The highest BCUT2D eigenvalue weighted by molar-refractivity contribution is 8.26. The number of halogens is 6. The molecule has 1 heterocycles. The number of aryl methyl sites for hydroxylation is 1. The SMILES string of the molecule is CCCN(/C(=N/C(=O)NC(C)Cc1ccc(-c2ncn(-c3ccc(OC(F)(F)F)cc3)n2)cc1)SC(=O)C(F)(F)F)c1cc(C)ccc1C(C)C. The quantitative estimate of drug-likeness (QED) is 0.0986. The zero-order chi connectivity index (χ0) is 37.5. The third-order valence-electron chi connectivity index (χ3n) is 7.34. The molecule has 0 aliphatic heterocycles. The number of amides is 2. The van der Waals surface area contributed by atoms with Gasteiger partial charge in [-0.15, -0.1) is 18.3 Å². The molecule has 4 aromatic rings. The summed E-state index contributed by atoms with van der Waals surface area (Å²) in [4.78, 5) is 35.1. The average Bonchev–Trinajstić information content (AvgIpc) is 3.53. The lowest BCUT2D eigenvalue weighted by Gasteiger charge is -2.29. The zero-order valence-electron chi connectivity index (χ0n) is 28.3. The van der Waals surface area contributed by atoms with E-state index < -0.39 is 29.7 Å². The number of thioether (sulfide) groups is 1. The molecule has 4 rings (SSSR count). The first-order valence-corrected chi connectivity index (χ1v) is 16.7. The van der Waals surface area contributed by atoms with E-state index in [0.717, 1.165) is 16.7 Å². The Bertz CT molecular complexity index is 1840. The Morgan fingerprint density at radius 3 is 2.24 bits per heavy atom. The summed E-state index contributed by atoms with van der Waals surface area (Å²) < 4.78 is 82.9. The number of alkyl halides is 6. The number of amidine groups is 1. The van der Waals surface area contributed by atoms with Gasteiger partial charge in [0.2, 0.25) is 0 Å². The first kappa shape index (κ1) is 38.9. The van der Waals surface area contributed by atoms with Crippen LogP contribution in [0, 0.1) is 6.92 Å². The average molecular weight is 735 g/mol. The van der Waals surface area contributed by atoms with Crippen molar-refractivity contribution in [1.29, 1.82) is 0 Å². The van der Waals surface area contributed by atoms with Crippen LogP contribution in [0.2, 0.25) is 0 Å². The molecule has 0 fully saturated rings. The predicted octanol–water partition coefficient (Wildman–Crippen LogP) is 9.00. The molecule has 9 nitrogen and oxygen atoms in total. The van der Waals surface area contributed by atoms with E-state index in [2.05, 4.69) is 25.1 Å². The summed E-state index contributed by atoms with van der Waals surface area (Å²) in [6, 6.07) is 16.4. The van der Waals surface area contributed by atoms with E-state index in [4.69, 9.17) is 0 Å². The lowest BCUT2D eigenvalue weighted by atomic mass is 9.98. The van der Waals surface area contributed by atoms with Crippen LogP contribution in [-0.4, -0.2) is 56.2 Å². The molecule has 0 aliphatic rings. The standard InChI is InChI=1S/C35H36F6N6O3S/c1-6-17-46(29-18-22(4)7-16-28(29)21(2)3)33(51-31(48)34(36,37)38)44-32(49)43-23(5)19-24-8-10-25(11-9-24)30-42-20-47(45-30)26-12-14-27(15-13-26)50-35(39,40)41/h7-16,18,20-21,23H,6,17,19H2,1-5H3,(H,43,49)/b44-33-. The van der Waals surface area contributed by atoms with Crippen LogP contribution in [0.4, 0.5) is 36.8 Å². The number of hydrogen-bond acceptors (Lipinski definition) is 6. The molecule has 1 atom stereocenters. The van der Waals surface area contributed by atoms with Crippen molar-refractivity contribution in [1.82, 2.24) is 20.1 Å². The second-order valence-corrected chi connectivity index (χ2v) is 12.9. The van der Waals surface area contributed by atoms with E-state index >= 15 is 0 Å². The summed E-state index contributed by atoms with van der Waals surface area (Å²) in [7, 11) is 0. The largest absolute Gasteiger partial charge is 0.573 e. The number of hydrogen-bond donors (Lipinski definition) is 1. The lowest BCUT2D eigenvalue weighted by molar-refractivity contribution is -0.274. The van der Waals surface area contributed by atoms with Gasteiger partial charge in [0.05, 0.1) is 5.69 Å². The van der Waals surface area contributed by atoms with Gasteiger partial charge in [0.25, 0.3) is 0 Å². The number of aromatic nitrogens is 3. The normalized spacial score (nSPS) is 12.9. The summed E-state index contributed by atoms with van der Waals surface area (Å²) in [6.07, 6.45) is -7.68. The van der Waals surface area contributed by atoms with Crippen LogP contribution >= 0.6 is 11.8 Å². The van der Waals surface area contributed by atoms with Gasteiger partial charge in [0, 0.05) is 23.8 Å². The summed E-state index contributed by atoms with van der Waals surface area (Å²) in [5, 5.41) is 4.62. The summed E-state index contributed by atoms with van der Waals surface area (Å²) in [5.41, 5.74) is 4.18. The molecule has 0 saturated carbocycles. The van der Waals surface area contributed by atoms with Crippen molar-refractivity contribution in [2.45, 2.75) is 72.0 Å². The Balaban J connectivity index is 1.48. The smallest absolute Gasteiger partial charge is 0.406 e. The fraction of sp³-hybridized carbons (Fsp3) is 0.343. The second-order valence-electron chi connectivity index (χ2n) is 12.0. The molecular weight excluding hydrogens is 698 g/mol. The molecule has 51 heavy (non-hydrogen) atoms. The highest BCUT2D eigenvalue weighted by atomic mass is 32.2. The molecule has 1 aromatic heterocycles. The molecule has 272 valence electrons. The van der Waals surface area contributed by atoms with Crippen LogP contribution in [0.15, 0.2) is 78.0 Å². The number of rotatable bonds is 10. The molecule has 0 aliphatic carbocycles. The number of nitrogens with zero attached hydrogens (tertiary/aromatic N) is 5. The van der Waals surface area contributed by atoms with Gasteiger partial charge in [-0.25, -0.2) is 14.5 Å². The minimum absolute atomic E-state index is 0.00115. The maximum absolute atomic E-state index is 13.4. The van der Waals surface area contributed by atoms with Crippen LogP contribution in [0.5, 0.6) is 5.75 Å². The van der Waals surface area contributed by atoms with Crippen LogP contribution in [0.25, 0.3) is 17.1 Å². The third kappa shape index (κ3) is 11.1. The summed E-state index contributed by atoms with van der Waals surface area (Å²) >= 11 is -0.127.